The number of halogens is 1. The standard InChI is InChI=1S/C12H13BrN2S2/c1-7-6-16-12(15-7)17-9-3-4-10(8(2)14)11(13)5-9/h3-6,8H,14H2,1-2H3/t8-/m0/s1. The van der Waals surface area contributed by atoms with Crippen LogP contribution in [0.3, 0.4) is 0 Å². The predicted molar refractivity (Wildman–Crippen MR) is 77.7 cm³/mol. The summed E-state index contributed by atoms with van der Waals surface area (Å²) < 4.78 is 2.13. The summed E-state index contributed by atoms with van der Waals surface area (Å²) in [6, 6.07) is 6.30. The summed E-state index contributed by atoms with van der Waals surface area (Å²) in [6.45, 7) is 3.99. The highest BCUT2D eigenvalue weighted by Crippen LogP contribution is 2.33. The molecule has 0 spiro atoms. The van der Waals surface area contributed by atoms with Crippen molar-refractivity contribution in [3.05, 3.63) is 39.3 Å². The van der Waals surface area contributed by atoms with Crippen molar-refractivity contribution in [1.82, 2.24) is 4.98 Å². The lowest BCUT2D eigenvalue weighted by atomic mass is 10.1. The molecule has 0 unspecified atom stereocenters. The Hall–Kier alpha value is -0.360. The molecular weight excluding hydrogens is 316 g/mol. The minimum absolute atomic E-state index is 0.0468. The van der Waals surface area contributed by atoms with Crippen molar-refractivity contribution in [2.75, 3.05) is 0 Å². The maximum Gasteiger partial charge on any atom is 0.154 e. The Morgan fingerprint density at radius 2 is 2.24 bits per heavy atom. The van der Waals surface area contributed by atoms with Crippen LogP contribution in [0.1, 0.15) is 24.2 Å². The summed E-state index contributed by atoms with van der Waals surface area (Å²) in [5, 5.41) is 2.06. The van der Waals surface area contributed by atoms with Crippen LogP contribution in [-0.2, 0) is 0 Å². The maximum atomic E-state index is 5.87. The third kappa shape index (κ3) is 3.31. The SMILES string of the molecule is Cc1csc(Sc2ccc([C@H](C)N)c(Br)c2)n1. The van der Waals surface area contributed by atoms with E-state index in [9.17, 15) is 0 Å². The molecule has 2 nitrogen and oxygen atoms in total. The fourth-order valence-electron chi connectivity index (χ4n) is 1.42. The van der Waals surface area contributed by atoms with E-state index in [0.29, 0.717) is 0 Å². The van der Waals surface area contributed by atoms with E-state index >= 15 is 0 Å². The zero-order valence-corrected chi connectivity index (χ0v) is 12.8. The first kappa shape index (κ1) is 13.1. The van der Waals surface area contributed by atoms with Crippen molar-refractivity contribution in [2.45, 2.75) is 29.1 Å². The van der Waals surface area contributed by atoms with Crippen molar-refractivity contribution in [1.29, 1.82) is 0 Å². The van der Waals surface area contributed by atoms with Gasteiger partial charge in [-0.3, -0.25) is 0 Å². The van der Waals surface area contributed by atoms with Crippen molar-refractivity contribution >= 4 is 39.0 Å². The highest BCUT2D eigenvalue weighted by molar-refractivity contribution is 9.10. The molecule has 0 saturated heterocycles. The fourth-order valence-corrected chi connectivity index (χ4v) is 4.16. The topological polar surface area (TPSA) is 38.9 Å². The molecular formula is C12H13BrN2S2. The molecule has 1 aromatic carbocycles. The zero-order valence-electron chi connectivity index (χ0n) is 9.61. The number of thiazole rings is 1. The molecule has 0 aliphatic carbocycles. The van der Waals surface area contributed by atoms with Crippen LogP contribution in [0.5, 0.6) is 0 Å². The van der Waals surface area contributed by atoms with Crippen LogP contribution < -0.4 is 5.73 Å². The molecule has 1 atom stereocenters. The second kappa shape index (κ2) is 5.52. The minimum atomic E-state index is 0.0468. The van der Waals surface area contributed by atoms with Gasteiger partial charge in [-0.05, 0) is 31.5 Å². The first-order valence-electron chi connectivity index (χ1n) is 5.21. The van der Waals surface area contributed by atoms with E-state index in [1.165, 1.54) is 4.90 Å². The lowest BCUT2D eigenvalue weighted by molar-refractivity contribution is 0.811. The monoisotopic (exact) mass is 328 g/mol. The fraction of sp³-hybridized carbons (Fsp3) is 0.250. The minimum Gasteiger partial charge on any atom is -0.324 e. The molecule has 17 heavy (non-hydrogen) atoms. The van der Waals surface area contributed by atoms with E-state index in [1.807, 2.05) is 13.8 Å². The maximum absolute atomic E-state index is 5.87. The quantitative estimate of drug-likeness (QED) is 0.908. The third-order valence-electron chi connectivity index (χ3n) is 2.27. The largest absolute Gasteiger partial charge is 0.324 e. The Labute approximate surface area is 118 Å². The highest BCUT2D eigenvalue weighted by atomic mass is 79.9. The number of hydrogen-bond donors (Lipinski definition) is 1. The second-order valence-corrected chi connectivity index (χ2v) is 6.86. The molecule has 0 aliphatic rings. The Kier molecular flexibility index (Phi) is 4.25. The van der Waals surface area contributed by atoms with Gasteiger partial charge in [0.1, 0.15) is 0 Å². The lowest BCUT2D eigenvalue weighted by Crippen LogP contribution is -2.05. The number of rotatable bonds is 3. The number of nitrogens with zero attached hydrogens (tertiary/aromatic N) is 1. The van der Waals surface area contributed by atoms with Crippen LogP contribution in [0, 0.1) is 6.92 Å². The van der Waals surface area contributed by atoms with Crippen molar-refractivity contribution in [3.8, 4) is 0 Å². The van der Waals surface area contributed by atoms with E-state index < -0.39 is 0 Å². The van der Waals surface area contributed by atoms with Crippen molar-refractivity contribution < 1.29 is 0 Å². The molecule has 2 aromatic rings. The summed E-state index contributed by atoms with van der Waals surface area (Å²) in [7, 11) is 0. The van der Waals surface area contributed by atoms with Gasteiger partial charge in [0.25, 0.3) is 0 Å². The van der Waals surface area contributed by atoms with Gasteiger partial charge in [-0.2, -0.15) is 0 Å². The molecule has 2 rings (SSSR count). The summed E-state index contributed by atoms with van der Waals surface area (Å²) in [5.41, 5.74) is 8.08. The normalized spacial score (nSPS) is 12.7. The van der Waals surface area contributed by atoms with Gasteiger partial charge in [0.2, 0.25) is 0 Å². The van der Waals surface area contributed by atoms with Crippen LogP contribution >= 0.6 is 39.0 Å². The van der Waals surface area contributed by atoms with Gasteiger partial charge >= 0.3 is 0 Å². The van der Waals surface area contributed by atoms with Crippen LogP contribution in [0.4, 0.5) is 0 Å². The van der Waals surface area contributed by atoms with E-state index in [-0.39, 0.29) is 6.04 Å². The number of hydrogen-bond acceptors (Lipinski definition) is 4. The molecule has 0 amide bonds. The molecule has 5 heteroatoms. The van der Waals surface area contributed by atoms with E-state index in [4.69, 9.17) is 5.73 Å². The number of nitrogens with two attached hydrogens (primary N) is 1. The third-order valence-corrected chi connectivity index (χ3v) is 5.00. The van der Waals surface area contributed by atoms with Crippen LogP contribution in [0.2, 0.25) is 0 Å². The summed E-state index contributed by atoms with van der Waals surface area (Å²) in [6.07, 6.45) is 0. The molecule has 0 saturated carbocycles. The van der Waals surface area contributed by atoms with E-state index in [2.05, 4.69) is 44.5 Å². The first-order valence-corrected chi connectivity index (χ1v) is 7.70. The van der Waals surface area contributed by atoms with Gasteiger partial charge in [0.05, 0.1) is 0 Å². The number of benzene rings is 1. The smallest absolute Gasteiger partial charge is 0.154 e. The summed E-state index contributed by atoms with van der Waals surface area (Å²) >= 11 is 6.91. The number of aromatic nitrogens is 1. The zero-order chi connectivity index (χ0) is 12.4. The van der Waals surface area contributed by atoms with E-state index in [1.54, 1.807) is 23.1 Å². The molecule has 0 fully saturated rings. The second-order valence-electron chi connectivity index (χ2n) is 3.83. The van der Waals surface area contributed by atoms with Gasteiger partial charge < -0.3 is 5.73 Å². The molecule has 90 valence electrons. The van der Waals surface area contributed by atoms with Crippen LogP contribution in [0.25, 0.3) is 0 Å². The summed E-state index contributed by atoms with van der Waals surface area (Å²) in [4.78, 5) is 5.61. The Bertz CT molecular complexity index is 523. The Morgan fingerprint density at radius 3 is 2.76 bits per heavy atom. The highest BCUT2D eigenvalue weighted by Gasteiger charge is 2.07. The van der Waals surface area contributed by atoms with Crippen molar-refractivity contribution in [3.63, 3.8) is 0 Å². The summed E-state index contributed by atoms with van der Waals surface area (Å²) in [5.74, 6) is 0. The molecule has 1 aromatic heterocycles. The van der Waals surface area contributed by atoms with Crippen LogP contribution in [-0.4, -0.2) is 4.98 Å². The molecule has 0 aliphatic heterocycles. The Morgan fingerprint density at radius 1 is 1.47 bits per heavy atom. The predicted octanol–water partition coefficient (Wildman–Crippen LogP) is 4.38. The van der Waals surface area contributed by atoms with Gasteiger partial charge in [0.15, 0.2) is 4.34 Å². The Balaban J connectivity index is 2.20. The first-order chi connectivity index (χ1) is 8.06. The molecule has 0 bridgehead atoms. The van der Waals surface area contributed by atoms with Gasteiger partial charge in [-0.1, -0.05) is 33.8 Å². The van der Waals surface area contributed by atoms with Crippen molar-refractivity contribution in [2.24, 2.45) is 5.73 Å². The molecule has 1 heterocycles. The van der Waals surface area contributed by atoms with Crippen LogP contribution in [0.15, 0.2) is 37.3 Å². The molecule has 2 N–H and O–H groups in total. The van der Waals surface area contributed by atoms with E-state index in [0.717, 1.165) is 20.1 Å². The van der Waals surface area contributed by atoms with Gasteiger partial charge in [0, 0.05) is 26.5 Å². The lowest BCUT2D eigenvalue weighted by Gasteiger charge is -2.09. The van der Waals surface area contributed by atoms with Gasteiger partial charge in [-0.15, -0.1) is 11.3 Å². The average Bonchev–Trinajstić information content (AvgIpc) is 2.63. The van der Waals surface area contributed by atoms with Gasteiger partial charge in [-0.25, -0.2) is 4.98 Å². The average molecular weight is 329 g/mol. The number of aryl methyl sites for hydroxylation is 1. The molecule has 0 radical (unpaired) electrons.